The third-order valence-electron chi connectivity index (χ3n) is 4.73. The Balaban J connectivity index is 1.66. The Kier molecular flexibility index (Phi) is 3.63. The van der Waals surface area contributed by atoms with Crippen molar-refractivity contribution in [3.8, 4) is 5.69 Å². The van der Waals surface area contributed by atoms with E-state index in [1.165, 1.54) is 0 Å². The lowest BCUT2D eigenvalue weighted by Gasteiger charge is -2.27. The van der Waals surface area contributed by atoms with E-state index in [9.17, 15) is 4.79 Å². The van der Waals surface area contributed by atoms with E-state index >= 15 is 0 Å². The van der Waals surface area contributed by atoms with Crippen LogP contribution in [-0.2, 0) is 13.1 Å². The molecule has 1 amide bonds. The number of carbonyl (C=O) groups is 1. The van der Waals surface area contributed by atoms with Crippen molar-refractivity contribution >= 4 is 5.91 Å². The van der Waals surface area contributed by atoms with Crippen molar-refractivity contribution in [2.45, 2.75) is 33.9 Å². The van der Waals surface area contributed by atoms with Gasteiger partial charge in [-0.05, 0) is 32.9 Å². The predicted octanol–water partition coefficient (Wildman–Crippen LogP) is 2.05. The molecule has 128 valence electrons. The molecule has 7 heteroatoms. The Morgan fingerprint density at radius 3 is 2.56 bits per heavy atom. The minimum Gasteiger partial charge on any atom is -0.329 e. The van der Waals surface area contributed by atoms with E-state index < -0.39 is 0 Å². The van der Waals surface area contributed by atoms with E-state index in [4.69, 9.17) is 0 Å². The average molecular weight is 336 g/mol. The van der Waals surface area contributed by atoms with Gasteiger partial charge in [-0.15, -0.1) is 10.2 Å². The molecule has 3 aromatic rings. The highest BCUT2D eigenvalue weighted by Crippen LogP contribution is 2.22. The Morgan fingerprint density at radius 1 is 1.04 bits per heavy atom. The predicted molar refractivity (Wildman–Crippen MR) is 92.5 cm³/mol. The number of amides is 1. The molecule has 0 saturated carbocycles. The molecule has 0 saturated heterocycles. The Bertz CT molecular complexity index is 940. The Morgan fingerprint density at radius 2 is 1.80 bits per heavy atom. The first-order valence-electron chi connectivity index (χ1n) is 8.36. The minimum atomic E-state index is 0.00378. The van der Waals surface area contributed by atoms with Crippen molar-refractivity contribution < 1.29 is 4.79 Å². The Labute approximate surface area is 145 Å². The number of fused-ring (bicyclic) bond motifs is 1. The summed E-state index contributed by atoms with van der Waals surface area (Å²) in [7, 11) is 0. The van der Waals surface area contributed by atoms with Crippen LogP contribution in [0.15, 0.2) is 30.3 Å². The first-order valence-corrected chi connectivity index (χ1v) is 8.36. The highest BCUT2D eigenvalue weighted by atomic mass is 16.2. The zero-order valence-corrected chi connectivity index (χ0v) is 14.6. The van der Waals surface area contributed by atoms with Crippen molar-refractivity contribution in [2.24, 2.45) is 0 Å². The number of para-hydroxylation sites is 1. The van der Waals surface area contributed by atoms with Crippen LogP contribution in [0.25, 0.3) is 5.69 Å². The van der Waals surface area contributed by atoms with Crippen molar-refractivity contribution in [3.05, 3.63) is 58.9 Å². The summed E-state index contributed by atoms with van der Waals surface area (Å²) in [5, 5.41) is 12.9. The molecule has 0 bridgehead atoms. The van der Waals surface area contributed by atoms with Gasteiger partial charge in [-0.2, -0.15) is 5.10 Å². The van der Waals surface area contributed by atoms with Crippen LogP contribution in [0.2, 0.25) is 0 Å². The molecule has 0 radical (unpaired) electrons. The van der Waals surface area contributed by atoms with Gasteiger partial charge < -0.3 is 9.47 Å². The topological polar surface area (TPSA) is 68.8 Å². The van der Waals surface area contributed by atoms with Crippen molar-refractivity contribution in [2.75, 3.05) is 6.54 Å². The van der Waals surface area contributed by atoms with Crippen LogP contribution in [0, 0.1) is 20.8 Å². The average Bonchev–Trinajstić information content (AvgIpc) is 3.14. The third-order valence-corrected chi connectivity index (χ3v) is 4.73. The van der Waals surface area contributed by atoms with Gasteiger partial charge in [0.25, 0.3) is 5.91 Å². The number of aryl methyl sites for hydroxylation is 2. The monoisotopic (exact) mass is 336 g/mol. The second kappa shape index (κ2) is 5.84. The fourth-order valence-electron chi connectivity index (χ4n) is 3.41. The van der Waals surface area contributed by atoms with Gasteiger partial charge in [0.2, 0.25) is 0 Å². The SMILES string of the molecule is Cc1nn(-c2ccccc2)c(C)c1C(=O)N1CCn2c(C)nnc2C1. The second-order valence-electron chi connectivity index (χ2n) is 6.33. The molecule has 2 aromatic heterocycles. The molecule has 0 atom stereocenters. The number of carbonyl (C=O) groups excluding carboxylic acids is 1. The van der Waals surface area contributed by atoms with Gasteiger partial charge in [-0.3, -0.25) is 4.79 Å². The molecule has 0 N–H and O–H groups in total. The van der Waals surface area contributed by atoms with Crippen LogP contribution >= 0.6 is 0 Å². The summed E-state index contributed by atoms with van der Waals surface area (Å²) in [6, 6.07) is 9.87. The van der Waals surface area contributed by atoms with E-state index in [2.05, 4.69) is 19.9 Å². The van der Waals surface area contributed by atoms with Gasteiger partial charge in [0.1, 0.15) is 5.82 Å². The van der Waals surface area contributed by atoms with E-state index in [0.29, 0.717) is 18.7 Å². The lowest BCUT2D eigenvalue weighted by molar-refractivity contribution is 0.0705. The van der Waals surface area contributed by atoms with Crippen molar-refractivity contribution in [3.63, 3.8) is 0 Å². The maximum Gasteiger partial charge on any atom is 0.258 e. The van der Waals surface area contributed by atoms with Gasteiger partial charge in [0.05, 0.1) is 29.2 Å². The van der Waals surface area contributed by atoms with Crippen molar-refractivity contribution in [1.29, 1.82) is 0 Å². The molecule has 3 heterocycles. The molecule has 25 heavy (non-hydrogen) atoms. The summed E-state index contributed by atoms with van der Waals surface area (Å²) in [6.07, 6.45) is 0. The van der Waals surface area contributed by atoms with Crippen LogP contribution in [0.1, 0.15) is 33.4 Å². The molecule has 1 aliphatic rings. The summed E-state index contributed by atoms with van der Waals surface area (Å²) in [4.78, 5) is 14.9. The van der Waals surface area contributed by atoms with E-state index in [0.717, 1.165) is 35.3 Å². The largest absolute Gasteiger partial charge is 0.329 e. The Hall–Kier alpha value is -2.96. The standard InChI is InChI=1S/C18H20N6O/c1-12-17(13(2)24(21-12)15-7-5-4-6-8-15)18(25)22-9-10-23-14(3)19-20-16(23)11-22/h4-8H,9-11H2,1-3H3. The number of benzene rings is 1. The number of hydrogen-bond acceptors (Lipinski definition) is 4. The van der Waals surface area contributed by atoms with E-state index in [1.54, 1.807) is 0 Å². The highest BCUT2D eigenvalue weighted by molar-refractivity contribution is 5.96. The maximum absolute atomic E-state index is 13.1. The summed E-state index contributed by atoms with van der Waals surface area (Å²) in [5.74, 6) is 1.73. The fourth-order valence-corrected chi connectivity index (χ4v) is 3.41. The molecular weight excluding hydrogens is 316 g/mol. The molecule has 0 unspecified atom stereocenters. The van der Waals surface area contributed by atoms with Gasteiger partial charge in [-0.1, -0.05) is 18.2 Å². The third kappa shape index (κ3) is 2.52. The van der Waals surface area contributed by atoms with E-state index in [1.807, 2.05) is 60.7 Å². The number of rotatable bonds is 2. The van der Waals surface area contributed by atoms with Crippen molar-refractivity contribution in [1.82, 2.24) is 29.4 Å². The lowest BCUT2D eigenvalue weighted by atomic mass is 10.1. The molecule has 4 rings (SSSR count). The lowest BCUT2D eigenvalue weighted by Crippen LogP contribution is -2.39. The highest BCUT2D eigenvalue weighted by Gasteiger charge is 2.28. The molecule has 0 aliphatic carbocycles. The summed E-state index contributed by atoms with van der Waals surface area (Å²) in [6.45, 7) is 7.62. The van der Waals surface area contributed by atoms with Gasteiger partial charge in [0.15, 0.2) is 5.82 Å². The molecule has 7 nitrogen and oxygen atoms in total. The number of aromatic nitrogens is 5. The van der Waals surface area contributed by atoms with Gasteiger partial charge in [0, 0.05) is 13.1 Å². The van der Waals surface area contributed by atoms with Gasteiger partial charge in [-0.25, -0.2) is 4.68 Å². The summed E-state index contributed by atoms with van der Waals surface area (Å²) < 4.78 is 3.90. The van der Waals surface area contributed by atoms with Crippen LogP contribution < -0.4 is 0 Å². The molecule has 0 fully saturated rings. The number of hydrogen-bond donors (Lipinski definition) is 0. The zero-order chi connectivity index (χ0) is 17.6. The first-order chi connectivity index (χ1) is 12.1. The summed E-state index contributed by atoms with van der Waals surface area (Å²) in [5.41, 5.74) is 3.23. The van der Waals surface area contributed by atoms with Crippen LogP contribution in [-0.4, -0.2) is 41.9 Å². The smallest absolute Gasteiger partial charge is 0.258 e. The minimum absolute atomic E-state index is 0.00378. The quantitative estimate of drug-likeness (QED) is 0.718. The molecule has 1 aliphatic heterocycles. The first kappa shape index (κ1) is 15.6. The molecule has 1 aromatic carbocycles. The maximum atomic E-state index is 13.1. The molecular formula is C18H20N6O. The van der Waals surface area contributed by atoms with Crippen LogP contribution in [0.3, 0.4) is 0 Å². The normalized spacial score (nSPS) is 13.8. The van der Waals surface area contributed by atoms with Gasteiger partial charge >= 0.3 is 0 Å². The fraction of sp³-hybridized carbons (Fsp3) is 0.333. The molecule has 0 spiro atoms. The summed E-state index contributed by atoms with van der Waals surface area (Å²) >= 11 is 0. The van der Waals surface area contributed by atoms with Crippen LogP contribution in [0.4, 0.5) is 0 Å². The van der Waals surface area contributed by atoms with E-state index in [-0.39, 0.29) is 5.91 Å². The number of nitrogens with zero attached hydrogens (tertiary/aromatic N) is 6. The zero-order valence-electron chi connectivity index (χ0n) is 14.6. The second-order valence-corrected chi connectivity index (χ2v) is 6.33. The van der Waals surface area contributed by atoms with Crippen LogP contribution in [0.5, 0.6) is 0 Å².